The Morgan fingerprint density at radius 1 is 1.00 bits per heavy atom. The molecule has 0 N–H and O–H groups in total. The predicted octanol–water partition coefficient (Wildman–Crippen LogP) is 3.77. The van der Waals surface area contributed by atoms with Crippen molar-refractivity contribution in [1.82, 2.24) is 0 Å². The quantitative estimate of drug-likeness (QED) is 0.620. The van der Waals surface area contributed by atoms with Gasteiger partial charge >= 0.3 is 0 Å². The molecule has 0 aromatic heterocycles. The van der Waals surface area contributed by atoms with Gasteiger partial charge in [0.15, 0.2) is 0 Å². The van der Waals surface area contributed by atoms with Gasteiger partial charge in [0.05, 0.1) is 0 Å². The van der Waals surface area contributed by atoms with Crippen molar-refractivity contribution in [3.05, 3.63) is 71.8 Å². The van der Waals surface area contributed by atoms with Crippen LogP contribution in [0.25, 0.3) is 0 Å². The molecule has 0 amide bonds. The molecule has 2 aromatic carbocycles. The molecule has 0 unspecified atom stereocenters. The molecule has 0 aliphatic carbocycles. The summed E-state index contributed by atoms with van der Waals surface area (Å²) in [4.78, 5) is 12.3. The van der Waals surface area contributed by atoms with Crippen molar-refractivity contribution in [2.24, 2.45) is 5.92 Å². The fourth-order valence-electron chi connectivity index (χ4n) is 3.08. The number of carbonyl (C=O) groups excluding carboxylic acids is 2. The molecule has 0 saturated heterocycles. The first-order valence-corrected chi connectivity index (χ1v) is 7.26. The van der Waals surface area contributed by atoms with Crippen molar-refractivity contribution >= 4 is 12.1 Å². The van der Waals surface area contributed by atoms with E-state index in [-0.39, 0.29) is 23.7 Å². The van der Waals surface area contributed by atoms with Gasteiger partial charge < -0.3 is 4.42 Å². The Balaban J connectivity index is 2.00. The highest BCUT2D eigenvalue weighted by molar-refractivity contribution is 5.81. The Bertz CT molecular complexity index is 631. The largest absolute Gasteiger partial charge is 0.449 e. The standard InChI is InChI=1S/C19H18O2/c1-14(20)18-17(15-8-4-2-5-9-15)12-13-21-19(18)16-10-6-3-7-11-16/h2-11,17-19H,12H2,1H3/t17-,18-,19+/m1/s1. The third kappa shape index (κ3) is 2.80. The number of ketones is 1. The Morgan fingerprint density at radius 3 is 2.14 bits per heavy atom. The van der Waals surface area contributed by atoms with Gasteiger partial charge in [-0.3, -0.25) is 4.79 Å². The molecule has 0 saturated carbocycles. The van der Waals surface area contributed by atoms with Gasteiger partial charge in [0.1, 0.15) is 11.7 Å². The van der Waals surface area contributed by atoms with E-state index >= 15 is 0 Å². The molecule has 2 heteroatoms. The summed E-state index contributed by atoms with van der Waals surface area (Å²) in [5.74, 6) is 0.123. The molecular weight excluding hydrogens is 260 g/mol. The van der Waals surface area contributed by atoms with Crippen LogP contribution in [0, 0.1) is 5.92 Å². The van der Waals surface area contributed by atoms with Crippen molar-refractivity contribution < 1.29 is 9.22 Å². The minimum atomic E-state index is -0.248. The number of hydrogen-bond donors (Lipinski definition) is 0. The zero-order valence-electron chi connectivity index (χ0n) is 12.0. The van der Waals surface area contributed by atoms with E-state index in [1.54, 1.807) is 6.92 Å². The molecule has 21 heavy (non-hydrogen) atoms. The van der Waals surface area contributed by atoms with Crippen LogP contribution in [0.1, 0.15) is 36.5 Å². The maximum Gasteiger partial charge on any atom is 0.263 e. The van der Waals surface area contributed by atoms with Crippen LogP contribution in [0.3, 0.4) is 0 Å². The smallest absolute Gasteiger partial charge is 0.263 e. The highest BCUT2D eigenvalue weighted by atomic mass is 16.4. The second-order valence-corrected chi connectivity index (χ2v) is 5.45. The third-order valence-electron chi connectivity index (χ3n) is 4.10. The van der Waals surface area contributed by atoms with E-state index in [0.717, 1.165) is 5.56 Å². The van der Waals surface area contributed by atoms with E-state index in [4.69, 9.17) is 4.42 Å². The van der Waals surface area contributed by atoms with Gasteiger partial charge in [0.2, 0.25) is 0 Å². The van der Waals surface area contributed by atoms with Gasteiger partial charge in [-0.2, -0.15) is 0 Å². The minimum absolute atomic E-state index is 0.127. The van der Waals surface area contributed by atoms with Crippen LogP contribution in [-0.4, -0.2) is 12.1 Å². The fourth-order valence-corrected chi connectivity index (χ4v) is 3.08. The number of Topliss-reactive ketones (excluding diaryl/α,β-unsaturated/α-hetero) is 1. The number of carbonyl (C=O) groups is 1. The van der Waals surface area contributed by atoms with Crippen LogP contribution in [0.15, 0.2) is 60.7 Å². The SMILES string of the molecule is CC(=O)[C@@H]1[C@@H](c2ccccc2)C[C-]=[O+][C@H]1c1ccccc1. The van der Waals surface area contributed by atoms with Crippen LogP contribution >= 0.6 is 0 Å². The van der Waals surface area contributed by atoms with Gasteiger partial charge in [-0.25, -0.2) is 0 Å². The summed E-state index contributed by atoms with van der Waals surface area (Å²) >= 11 is 0. The van der Waals surface area contributed by atoms with Gasteiger partial charge in [-0.15, -0.1) is 0 Å². The van der Waals surface area contributed by atoms with Crippen molar-refractivity contribution in [2.45, 2.75) is 25.4 Å². The lowest BCUT2D eigenvalue weighted by Crippen LogP contribution is -2.31. The lowest BCUT2D eigenvalue weighted by molar-refractivity contribution is -0.133. The van der Waals surface area contributed by atoms with E-state index in [0.29, 0.717) is 6.42 Å². The van der Waals surface area contributed by atoms with E-state index in [1.807, 2.05) is 48.5 Å². The van der Waals surface area contributed by atoms with E-state index < -0.39 is 0 Å². The van der Waals surface area contributed by atoms with Crippen LogP contribution in [0.5, 0.6) is 0 Å². The molecule has 0 bridgehead atoms. The molecule has 1 aliphatic rings. The average Bonchev–Trinajstić information content (AvgIpc) is 2.55. The zero-order valence-corrected chi connectivity index (χ0v) is 12.0. The van der Waals surface area contributed by atoms with Crippen molar-refractivity contribution in [3.8, 4) is 0 Å². The first kappa shape index (κ1) is 13.7. The molecule has 0 fully saturated rings. The third-order valence-corrected chi connectivity index (χ3v) is 4.10. The Kier molecular flexibility index (Phi) is 3.96. The summed E-state index contributed by atoms with van der Waals surface area (Å²) in [6, 6.07) is 20.1. The second-order valence-electron chi connectivity index (χ2n) is 5.45. The molecule has 0 spiro atoms. The summed E-state index contributed by atoms with van der Waals surface area (Å²) in [6.45, 7) is 1.66. The van der Waals surface area contributed by atoms with E-state index in [1.165, 1.54) is 5.56 Å². The van der Waals surface area contributed by atoms with Gasteiger partial charge in [-0.1, -0.05) is 55.0 Å². The first-order valence-electron chi connectivity index (χ1n) is 7.26. The summed E-state index contributed by atoms with van der Waals surface area (Å²) < 4.78 is 5.72. The molecule has 106 valence electrons. The van der Waals surface area contributed by atoms with Crippen molar-refractivity contribution in [2.75, 3.05) is 0 Å². The predicted molar refractivity (Wildman–Crippen MR) is 82.8 cm³/mol. The highest BCUT2D eigenvalue weighted by Gasteiger charge is 2.40. The summed E-state index contributed by atoms with van der Waals surface area (Å²) in [7, 11) is 0. The second kappa shape index (κ2) is 6.04. The van der Waals surface area contributed by atoms with Crippen molar-refractivity contribution in [3.63, 3.8) is 0 Å². The van der Waals surface area contributed by atoms with Gasteiger partial charge in [0.25, 0.3) is 6.10 Å². The summed E-state index contributed by atoms with van der Waals surface area (Å²) in [5, 5.41) is 0. The molecule has 0 radical (unpaired) electrons. The van der Waals surface area contributed by atoms with Crippen LogP contribution in [0.2, 0.25) is 0 Å². The zero-order chi connectivity index (χ0) is 14.7. The topological polar surface area (TPSA) is 28.4 Å². The number of hydrogen-bond acceptors (Lipinski definition) is 1. The van der Waals surface area contributed by atoms with Crippen LogP contribution < -0.4 is 0 Å². The Labute approximate surface area is 125 Å². The molecule has 1 heterocycles. The molecule has 2 aromatic rings. The molecule has 1 aliphatic heterocycles. The summed E-state index contributed by atoms with van der Waals surface area (Å²) in [5.41, 5.74) is 2.21. The highest BCUT2D eigenvalue weighted by Crippen LogP contribution is 2.40. The molecular formula is C19H18O2. The average molecular weight is 278 g/mol. The van der Waals surface area contributed by atoms with Crippen LogP contribution in [0.4, 0.5) is 0 Å². The maximum absolute atomic E-state index is 12.3. The van der Waals surface area contributed by atoms with Gasteiger partial charge in [0, 0.05) is 5.56 Å². The fraction of sp³-hybridized carbons (Fsp3) is 0.263. The molecule has 3 rings (SSSR count). The monoisotopic (exact) mass is 278 g/mol. The van der Waals surface area contributed by atoms with Gasteiger partial charge in [-0.05, 0) is 36.8 Å². The first-order chi connectivity index (χ1) is 10.3. The number of benzene rings is 2. The van der Waals surface area contributed by atoms with Crippen molar-refractivity contribution in [1.29, 1.82) is 0 Å². The lowest BCUT2D eigenvalue weighted by Gasteiger charge is -2.31. The Morgan fingerprint density at radius 2 is 1.57 bits per heavy atom. The maximum atomic E-state index is 12.3. The minimum Gasteiger partial charge on any atom is -0.449 e. The van der Waals surface area contributed by atoms with Crippen LogP contribution in [-0.2, 0) is 9.22 Å². The Hall–Kier alpha value is -2.22. The lowest BCUT2D eigenvalue weighted by atomic mass is 9.75. The molecule has 2 nitrogen and oxygen atoms in total. The van der Waals surface area contributed by atoms with E-state index in [9.17, 15) is 4.79 Å². The summed E-state index contributed by atoms with van der Waals surface area (Å²) in [6.07, 6.45) is 3.42. The normalized spacial score (nSPS) is 24.7. The van der Waals surface area contributed by atoms with E-state index in [2.05, 4.69) is 18.4 Å². The molecule has 3 atom stereocenters. The number of rotatable bonds is 3.